The lowest BCUT2D eigenvalue weighted by molar-refractivity contribution is 0.102. The summed E-state index contributed by atoms with van der Waals surface area (Å²) in [6.07, 6.45) is 3.17. The molecule has 4 rings (SSSR count). The van der Waals surface area contributed by atoms with Gasteiger partial charge in [-0.15, -0.1) is 0 Å². The fourth-order valence-corrected chi connectivity index (χ4v) is 3.22. The Bertz CT molecular complexity index is 1110. The average molecular weight is 342 g/mol. The molecule has 8 heteroatoms. The van der Waals surface area contributed by atoms with Crippen molar-refractivity contribution in [1.82, 2.24) is 14.6 Å². The molecule has 0 aliphatic heterocycles. The molecule has 1 aliphatic rings. The molecule has 1 amide bonds. The largest absolute Gasteiger partial charge is 0.342 e. The summed E-state index contributed by atoms with van der Waals surface area (Å²) in [6.45, 7) is 0. The molecule has 0 saturated heterocycles. The number of H-pyrrole nitrogens is 2. The van der Waals surface area contributed by atoms with Gasteiger partial charge in [-0.3, -0.25) is 19.5 Å². The first-order valence-electron chi connectivity index (χ1n) is 8.01. The SMILES string of the molecule is O=C(Nc1ccccc1F)c1c(=O)[nH]n2c(=O)c3c([nH]c12)CCCC3. The van der Waals surface area contributed by atoms with Crippen molar-refractivity contribution in [3.05, 3.63) is 67.6 Å². The van der Waals surface area contributed by atoms with E-state index in [1.54, 1.807) is 6.07 Å². The summed E-state index contributed by atoms with van der Waals surface area (Å²) in [4.78, 5) is 40.3. The number of aromatic nitrogens is 3. The smallest absolute Gasteiger partial charge is 0.279 e. The Morgan fingerprint density at radius 2 is 1.92 bits per heavy atom. The monoisotopic (exact) mass is 342 g/mol. The molecule has 2 heterocycles. The number of carbonyl (C=O) groups is 1. The van der Waals surface area contributed by atoms with Gasteiger partial charge in [0.15, 0.2) is 5.65 Å². The molecule has 1 aromatic carbocycles. The third kappa shape index (κ3) is 2.46. The summed E-state index contributed by atoms with van der Waals surface area (Å²) in [5, 5.41) is 4.77. The number of aromatic amines is 2. The predicted molar refractivity (Wildman–Crippen MR) is 89.6 cm³/mol. The van der Waals surface area contributed by atoms with Gasteiger partial charge in [0.05, 0.1) is 5.69 Å². The van der Waals surface area contributed by atoms with Gasteiger partial charge in [0.2, 0.25) is 0 Å². The van der Waals surface area contributed by atoms with E-state index in [0.717, 1.165) is 23.1 Å². The maximum Gasteiger partial charge on any atom is 0.279 e. The van der Waals surface area contributed by atoms with Crippen molar-refractivity contribution in [3.63, 3.8) is 0 Å². The van der Waals surface area contributed by atoms with Crippen molar-refractivity contribution in [1.29, 1.82) is 0 Å². The highest BCUT2D eigenvalue weighted by Gasteiger charge is 2.23. The highest BCUT2D eigenvalue weighted by Crippen LogP contribution is 2.18. The van der Waals surface area contributed by atoms with Crippen LogP contribution in [0.3, 0.4) is 0 Å². The second-order valence-electron chi connectivity index (χ2n) is 6.03. The van der Waals surface area contributed by atoms with Crippen molar-refractivity contribution in [2.24, 2.45) is 0 Å². The summed E-state index contributed by atoms with van der Waals surface area (Å²) >= 11 is 0. The zero-order valence-electron chi connectivity index (χ0n) is 13.2. The zero-order valence-corrected chi connectivity index (χ0v) is 13.2. The Morgan fingerprint density at radius 3 is 2.72 bits per heavy atom. The van der Waals surface area contributed by atoms with Gasteiger partial charge in [0.25, 0.3) is 17.0 Å². The Labute approximate surface area is 140 Å². The topological polar surface area (TPSA) is 99.2 Å². The standard InChI is InChI=1S/C17H15FN4O3/c18-10-6-2-4-8-12(10)20-15(23)13-14-19-11-7-3-1-5-9(11)17(25)22(14)21-16(13)24/h2,4,6,8,19H,1,3,5,7H2,(H,20,23)(H,21,24). The van der Waals surface area contributed by atoms with Gasteiger partial charge in [0.1, 0.15) is 11.4 Å². The van der Waals surface area contributed by atoms with Crippen molar-refractivity contribution in [3.8, 4) is 0 Å². The van der Waals surface area contributed by atoms with Gasteiger partial charge in [-0.05, 0) is 37.8 Å². The number of carbonyl (C=O) groups excluding carboxylic acids is 1. The molecule has 7 nitrogen and oxygen atoms in total. The van der Waals surface area contributed by atoms with E-state index in [2.05, 4.69) is 15.4 Å². The van der Waals surface area contributed by atoms with Crippen LogP contribution in [0, 0.1) is 5.82 Å². The van der Waals surface area contributed by atoms with E-state index in [4.69, 9.17) is 0 Å². The molecule has 0 bridgehead atoms. The summed E-state index contributed by atoms with van der Waals surface area (Å²) in [7, 11) is 0. The van der Waals surface area contributed by atoms with Gasteiger partial charge in [-0.1, -0.05) is 12.1 Å². The predicted octanol–water partition coefficient (Wildman–Crippen LogP) is 1.59. The van der Waals surface area contributed by atoms with E-state index in [1.807, 2.05) is 0 Å². The quantitative estimate of drug-likeness (QED) is 0.659. The zero-order chi connectivity index (χ0) is 17.6. The molecule has 0 fully saturated rings. The number of rotatable bonds is 2. The Kier molecular flexibility index (Phi) is 3.52. The molecule has 128 valence electrons. The lowest BCUT2D eigenvalue weighted by Crippen LogP contribution is -2.25. The molecule has 0 radical (unpaired) electrons. The number of para-hydroxylation sites is 1. The lowest BCUT2D eigenvalue weighted by Gasteiger charge is -2.15. The fraction of sp³-hybridized carbons (Fsp3) is 0.235. The number of aryl methyl sites for hydroxylation is 1. The number of halogens is 1. The molecule has 3 N–H and O–H groups in total. The number of amides is 1. The average Bonchev–Trinajstić information content (AvgIpc) is 2.93. The van der Waals surface area contributed by atoms with Gasteiger partial charge in [0, 0.05) is 11.3 Å². The molecule has 0 spiro atoms. The summed E-state index contributed by atoms with van der Waals surface area (Å²) in [5.41, 5.74) is 0.168. The van der Waals surface area contributed by atoms with Crippen LogP contribution in [-0.4, -0.2) is 20.5 Å². The lowest BCUT2D eigenvalue weighted by atomic mass is 9.97. The highest BCUT2D eigenvalue weighted by molar-refractivity contribution is 6.08. The van der Waals surface area contributed by atoms with Gasteiger partial charge >= 0.3 is 0 Å². The van der Waals surface area contributed by atoms with Crippen LogP contribution in [0.5, 0.6) is 0 Å². The van der Waals surface area contributed by atoms with E-state index in [1.165, 1.54) is 18.2 Å². The third-order valence-electron chi connectivity index (χ3n) is 4.45. The van der Waals surface area contributed by atoms with E-state index < -0.39 is 17.3 Å². The van der Waals surface area contributed by atoms with Crippen molar-refractivity contribution < 1.29 is 9.18 Å². The molecule has 3 aromatic rings. The normalized spacial score (nSPS) is 13.6. The Hall–Kier alpha value is -3.16. The van der Waals surface area contributed by atoms with Crippen LogP contribution in [0.2, 0.25) is 0 Å². The first-order chi connectivity index (χ1) is 12.1. The number of hydrogen-bond donors (Lipinski definition) is 3. The van der Waals surface area contributed by atoms with Crippen LogP contribution in [0.4, 0.5) is 10.1 Å². The van der Waals surface area contributed by atoms with Crippen molar-refractivity contribution >= 4 is 17.2 Å². The summed E-state index contributed by atoms with van der Waals surface area (Å²) in [5.74, 6) is -1.39. The van der Waals surface area contributed by atoms with Gasteiger partial charge in [-0.2, -0.15) is 4.52 Å². The number of benzene rings is 1. The van der Waals surface area contributed by atoms with Crippen LogP contribution in [0.15, 0.2) is 33.9 Å². The number of hydrogen-bond acceptors (Lipinski definition) is 3. The second kappa shape index (κ2) is 5.73. The molecule has 0 atom stereocenters. The van der Waals surface area contributed by atoms with Crippen LogP contribution in [0.1, 0.15) is 34.5 Å². The molecular formula is C17H15FN4O3. The van der Waals surface area contributed by atoms with Crippen LogP contribution in [0.25, 0.3) is 5.65 Å². The molecule has 2 aromatic heterocycles. The number of anilines is 1. The number of fused-ring (bicyclic) bond motifs is 2. The fourth-order valence-electron chi connectivity index (χ4n) is 3.22. The molecule has 1 aliphatic carbocycles. The first-order valence-corrected chi connectivity index (χ1v) is 8.01. The van der Waals surface area contributed by atoms with Crippen LogP contribution >= 0.6 is 0 Å². The minimum atomic E-state index is -0.778. The molecule has 0 saturated carbocycles. The maximum absolute atomic E-state index is 13.7. The van der Waals surface area contributed by atoms with E-state index in [-0.39, 0.29) is 22.5 Å². The minimum absolute atomic E-state index is 0.0356. The van der Waals surface area contributed by atoms with Crippen LogP contribution in [-0.2, 0) is 12.8 Å². The van der Waals surface area contributed by atoms with Crippen molar-refractivity contribution in [2.75, 3.05) is 5.32 Å². The Morgan fingerprint density at radius 1 is 1.16 bits per heavy atom. The van der Waals surface area contributed by atoms with Gasteiger partial charge < -0.3 is 10.3 Å². The second-order valence-corrected chi connectivity index (χ2v) is 6.03. The minimum Gasteiger partial charge on any atom is -0.342 e. The number of nitrogens with zero attached hydrogens (tertiary/aromatic N) is 1. The maximum atomic E-state index is 13.7. The van der Waals surface area contributed by atoms with Crippen LogP contribution < -0.4 is 16.4 Å². The molecule has 0 unspecified atom stereocenters. The highest BCUT2D eigenvalue weighted by atomic mass is 19.1. The number of nitrogens with one attached hydrogen (secondary N) is 3. The van der Waals surface area contributed by atoms with E-state index in [9.17, 15) is 18.8 Å². The third-order valence-corrected chi connectivity index (χ3v) is 4.45. The van der Waals surface area contributed by atoms with Gasteiger partial charge in [-0.25, -0.2) is 4.39 Å². The summed E-state index contributed by atoms with van der Waals surface area (Å²) < 4.78 is 14.8. The first kappa shape index (κ1) is 15.4. The summed E-state index contributed by atoms with van der Waals surface area (Å²) in [6, 6.07) is 5.66. The molecular weight excluding hydrogens is 327 g/mol. The van der Waals surface area contributed by atoms with E-state index >= 15 is 0 Å². The Balaban J connectivity index is 1.85. The molecule has 25 heavy (non-hydrogen) atoms. The van der Waals surface area contributed by atoms with Crippen molar-refractivity contribution in [2.45, 2.75) is 25.7 Å². The van der Waals surface area contributed by atoms with E-state index in [0.29, 0.717) is 18.4 Å².